The molecule has 1 heterocycles. The van der Waals surface area contributed by atoms with Crippen LogP contribution in [0.15, 0.2) is 108 Å². The zero-order chi connectivity index (χ0) is 30.7. The van der Waals surface area contributed by atoms with Crippen LogP contribution in [-0.2, 0) is 17.6 Å². The van der Waals surface area contributed by atoms with Gasteiger partial charge in [-0.15, -0.1) is 10.2 Å². The molecule has 44 heavy (non-hydrogen) atoms. The minimum absolute atomic E-state index is 0.0434. The van der Waals surface area contributed by atoms with Crippen molar-refractivity contribution in [3.63, 3.8) is 0 Å². The molecular weight excluding hydrogens is 572 g/mol. The number of carbonyl (C=O) groups excluding carboxylic acids is 1. The van der Waals surface area contributed by atoms with Gasteiger partial charge in [0.1, 0.15) is 17.3 Å². The molecule has 0 saturated heterocycles. The summed E-state index contributed by atoms with van der Waals surface area (Å²) in [4.78, 5) is 12.9. The molecule has 0 aliphatic heterocycles. The van der Waals surface area contributed by atoms with Gasteiger partial charge in [-0.3, -0.25) is 9.36 Å². The van der Waals surface area contributed by atoms with Crippen LogP contribution in [0.1, 0.15) is 30.3 Å². The Kier molecular flexibility index (Phi) is 10.5. The number of ether oxygens (including phenoxy) is 3. The summed E-state index contributed by atoms with van der Waals surface area (Å²) < 4.78 is 18.9. The average Bonchev–Trinajstić information content (AvgIpc) is 3.46. The van der Waals surface area contributed by atoms with Gasteiger partial charge in [0.05, 0.1) is 20.0 Å². The van der Waals surface area contributed by atoms with E-state index < -0.39 is 0 Å². The van der Waals surface area contributed by atoms with Crippen LogP contribution < -0.4 is 19.5 Å². The first-order valence-corrected chi connectivity index (χ1v) is 15.5. The van der Waals surface area contributed by atoms with Crippen molar-refractivity contribution in [2.24, 2.45) is 0 Å². The Morgan fingerprint density at radius 2 is 1.50 bits per heavy atom. The van der Waals surface area contributed by atoms with Crippen LogP contribution in [-0.4, -0.2) is 46.7 Å². The van der Waals surface area contributed by atoms with Crippen molar-refractivity contribution in [3.8, 4) is 28.7 Å². The van der Waals surface area contributed by atoms with E-state index in [0.29, 0.717) is 28.8 Å². The highest BCUT2D eigenvalue weighted by Crippen LogP contribution is 2.30. The second-order valence-electron chi connectivity index (χ2n) is 10.3. The maximum atomic E-state index is 12.9. The molecule has 4 aromatic carbocycles. The Hall–Kier alpha value is -4.76. The quantitative estimate of drug-likeness (QED) is 0.137. The number of methoxy groups -OCH3 is 2. The van der Waals surface area contributed by atoms with Crippen LogP contribution in [0.5, 0.6) is 23.0 Å². The Balaban J connectivity index is 1.32. The zero-order valence-corrected chi connectivity index (χ0v) is 25.9. The maximum absolute atomic E-state index is 12.9. The molecule has 8 nitrogen and oxygen atoms in total. The van der Waals surface area contributed by atoms with Crippen LogP contribution in [0, 0.1) is 0 Å². The molecule has 0 saturated carbocycles. The van der Waals surface area contributed by atoms with Gasteiger partial charge in [0.15, 0.2) is 16.7 Å². The molecule has 0 aliphatic carbocycles. The lowest BCUT2D eigenvalue weighted by Gasteiger charge is -2.15. The zero-order valence-electron chi connectivity index (χ0n) is 25.1. The Labute approximate surface area is 262 Å². The maximum Gasteiger partial charge on any atom is 0.230 e. The van der Waals surface area contributed by atoms with Gasteiger partial charge >= 0.3 is 0 Å². The van der Waals surface area contributed by atoms with E-state index in [1.54, 1.807) is 14.2 Å². The van der Waals surface area contributed by atoms with Crippen LogP contribution in [0.3, 0.4) is 0 Å². The molecule has 5 rings (SSSR count). The largest absolute Gasteiger partial charge is 0.493 e. The number of para-hydroxylation sites is 1. The first-order valence-electron chi connectivity index (χ1n) is 14.5. The lowest BCUT2D eigenvalue weighted by Crippen LogP contribution is -2.34. The first-order chi connectivity index (χ1) is 21.5. The highest BCUT2D eigenvalue weighted by Gasteiger charge is 2.18. The molecule has 226 valence electrons. The van der Waals surface area contributed by atoms with Gasteiger partial charge in [0, 0.05) is 18.2 Å². The van der Waals surface area contributed by atoms with Crippen molar-refractivity contribution in [3.05, 3.63) is 120 Å². The summed E-state index contributed by atoms with van der Waals surface area (Å²) in [7, 11) is 3.23. The number of aryl methyl sites for hydroxylation is 1. The van der Waals surface area contributed by atoms with E-state index in [2.05, 4.69) is 27.6 Å². The van der Waals surface area contributed by atoms with E-state index >= 15 is 0 Å². The predicted molar refractivity (Wildman–Crippen MR) is 173 cm³/mol. The van der Waals surface area contributed by atoms with E-state index in [9.17, 15) is 4.79 Å². The van der Waals surface area contributed by atoms with E-state index in [1.165, 1.54) is 17.3 Å². The van der Waals surface area contributed by atoms with E-state index in [0.717, 1.165) is 35.7 Å². The number of nitrogens with zero attached hydrogens (tertiary/aromatic N) is 3. The summed E-state index contributed by atoms with van der Waals surface area (Å²) in [6.45, 7) is 2.04. The number of benzene rings is 4. The van der Waals surface area contributed by atoms with Gasteiger partial charge in [-0.2, -0.15) is 0 Å². The number of hydrogen-bond donors (Lipinski definition) is 1. The molecule has 0 aliphatic rings. The van der Waals surface area contributed by atoms with Gasteiger partial charge in [-0.25, -0.2) is 0 Å². The third kappa shape index (κ3) is 8.20. The number of hydrogen-bond acceptors (Lipinski definition) is 7. The van der Waals surface area contributed by atoms with E-state index in [4.69, 9.17) is 14.2 Å². The summed E-state index contributed by atoms with van der Waals surface area (Å²) >= 11 is 1.36. The minimum Gasteiger partial charge on any atom is -0.493 e. The molecule has 0 bridgehead atoms. The number of nitrogens with one attached hydrogen (secondary N) is 1. The monoisotopic (exact) mass is 608 g/mol. The summed E-state index contributed by atoms with van der Waals surface area (Å²) in [5.74, 6) is 3.69. The molecule has 1 unspecified atom stereocenters. The highest BCUT2D eigenvalue weighted by molar-refractivity contribution is 7.99. The smallest absolute Gasteiger partial charge is 0.230 e. The van der Waals surface area contributed by atoms with Crippen molar-refractivity contribution >= 4 is 17.7 Å². The molecule has 0 radical (unpaired) electrons. The molecule has 9 heteroatoms. The fraction of sp³-hybridized carbons (Fsp3) is 0.229. The van der Waals surface area contributed by atoms with Crippen molar-refractivity contribution in [1.29, 1.82) is 0 Å². The van der Waals surface area contributed by atoms with Crippen molar-refractivity contribution in [2.75, 3.05) is 20.0 Å². The lowest BCUT2D eigenvalue weighted by molar-refractivity contribution is -0.119. The third-order valence-electron chi connectivity index (χ3n) is 7.03. The van der Waals surface area contributed by atoms with E-state index in [1.807, 2.05) is 102 Å². The van der Waals surface area contributed by atoms with Crippen molar-refractivity contribution in [1.82, 2.24) is 20.1 Å². The lowest BCUT2D eigenvalue weighted by atomic mass is 10.1. The van der Waals surface area contributed by atoms with E-state index in [-0.39, 0.29) is 17.7 Å². The van der Waals surface area contributed by atoms with Gasteiger partial charge < -0.3 is 19.5 Å². The van der Waals surface area contributed by atoms with Crippen LogP contribution >= 0.6 is 11.8 Å². The summed E-state index contributed by atoms with van der Waals surface area (Å²) in [6, 6.07) is 33.6. The number of rotatable bonds is 14. The standard InChI is InChI=1S/C35H36N4O4S/c1-25(14-15-26-10-6-4-7-11-26)36-34(40)24-44-35-38-37-33(23-27-16-21-31(41-2)32(22-27)42-3)39(35)28-17-19-30(20-18-28)43-29-12-8-5-9-13-29/h4-13,16-22,25H,14-15,23-24H2,1-3H3,(H,36,40). The van der Waals surface area contributed by atoms with Gasteiger partial charge in [-0.1, -0.05) is 66.4 Å². The van der Waals surface area contributed by atoms with Crippen LogP contribution in [0.2, 0.25) is 0 Å². The predicted octanol–water partition coefficient (Wildman–Crippen LogP) is 6.90. The van der Waals surface area contributed by atoms with Crippen molar-refractivity contribution in [2.45, 2.75) is 37.4 Å². The van der Waals surface area contributed by atoms with Gasteiger partial charge in [-0.05, 0) is 79.4 Å². The summed E-state index contributed by atoms with van der Waals surface area (Å²) in [5, 5.41) is 12.8. The Morgan fingerprint density at radius 3 is 2.20 bits per heavy atom. The normalized spacial score (nSPS) is 11.5. The molecule has 1 atom stereocenters. The van der Waals surface area contributed by atoms with Gasteiger partial charge in [0.2, 0.25) is 5.91 Å². The molecule has 5 aromatic rings. The molecular formula is C35H36N4O4S. The van der Waals surface area contributed by atoms with Gasteiger partial charge in [0.25, 0.3) is 0 Å². The molecule has 1 amide bonds. The molecule has 1 N–H and O–H groups in total. The van der Waals surface area contributed by atoms with Crippen LogP contribution in [0.25, 0.3) is 5.69 Å². The topological polar surface area (TPSA) is 87.5 Å². The number of amides is 1. The second-order valence-corrected chi connectivity index (χ2v) is 11.2. The Bertz CT molecular complexity index is 1640. The Morgan fingerprint density at radius 1 is 0.818 bits per heavy atom. The SMILES string of the molecule is COc1ccc(Cc2nnc(SCC(=O)NC(C)CCc3ccccc3)n2-c2ccc(Oc3ccccc3)cc2)cc1OC. The van der Waals surface area contributed by atoms with Crippen molar-refractivity contribution < 1.29 is 19.0 Å². The fourth-order valence-corrected chi connectivity index (χ4v) is 5.56. The molecule has 0 spiro atoms. The molecule has 0 fully saturated rings. The summed E-state index contributed by atoms with van der Waals surface area (Å²) in [5.41, 5.74) is 3.12. The fourth-order valence-electron chi connectivity index (χ4n) is 4.78. The van der Waals surface area contributed by atoms with Crippen LogP contribution in [0.4, 0.5) is 0 Å². The molecule has 1 aromatic heterocycles. The number of aromatic nitrogens is 3. The first kappa shape index (κ1) is 30.7. The average molecular weight is 609 g/mol. The second kappa shape index (κ2) is 15.1. The number of thioether (sulfide) groups is 1. The highest BCUT2D eigenvalue weighted by atomic mass is 32.2. The minimum atomic E-state index is -0.0434. The number of carbonyl (C=O) groups is 1. The summed E-state index contributed by atoms with van der Waals surface area (Å²) in [6.07, 6.45) is 2.27. The third-order valence-corrected chi connectivity index (χ3v) is 7.96.